The summed E-state index contributed by atoms with van der Waals surface area (Å²) in [5, 5.41) is 0.304. The van der Waals surface area contributed by atoms with Crippen LogP contribution in [0.1, 0.15) is 121 Å². The number of hydrogen-bond acceptors (Lipinski definition) is 2. The summed E-state index contributed by atoms with van der Waals surface area (Å²) in [7, 11) is 0. The Kier molecular flexibility index (Phi) is 11.5. The lowest BCUT2D eigenvalue weighted by Crippen LogP contribution is -2.40. The predicted octanol–water partition coefficient (Wildman–Crippen LogP) is 7.66. The summed E-state index contributed by atoms with van der Waals surface area (Å²) in [6, 6.07) is 9.01. The quantitative estimate of drug-likeness (QED) is 0.241. The fourth-order valence-electron chi connectivity index (χ4n) is 5.26. The van der Waals surface area contributed by atoms with Crippen LogP contribution in [0.2, 0.25) is 0 Å². The largest absolute Gasteiger partial charge is 0.324 e. The molecule has 0 heterocycles. The molecule has 0 aliphatic heterocycles. The van der Waals surface area contributed by atoms with E-state index < -0.39 is 5.41 Å². The van der Waals surface area contributed by atoms with E-state index in [0.29, 0.717) is 11.3 Å². The zero-order valence-corrected chi connectivity index (χ0v) is 20.2. The lowest BCUT2D eigenvalue weighted by atomic mass is 9.69. The maximum absolute atomic E-state index is 13.2. The van der Waals surface area contributed by atoms with Crippen molar-refractivity contribution in [2.45, 2.75) is 120 Å². The Balaban J connectivity index is 2.24. The van der Waals surface area contributed by atoms with Crippen LogP contribution in [0.3, 0.4) is 0 Å². The van der Waals surface area contributed by atoms with Gasteiger partial charge in [0.25, 0.3) is 0 Å². The second kappa shape index (κ2) is 13.5. The summed E-state index contributed by atoms with van der Waals surface area (Å²) in [5.41, 5.74) is 8.12. The third kappa shape index (κ3) is 7.09. The number of hydrogen-bond donors (Lipinski definition) is 1. The fraction of sp³-hybridized carbons (Fsp3) is 0.741. The molecule has 2 N–H and O–H groups in total. The topological polar surface area (TPSA) is 43.1 Å². The number of carbonyl (C=O) groups is 1. The Morgan fingerprint density at radius 2 is 1.57 bits per heavy atom. The van der Waals surface area contributed by atoms with Crippen molar-refractivity contribution < 1.29 is 4.79 Å². The molecule has 0 amide bonds. The monoisotopic (exact) mass is 433 g/mol. The van der Waals surface area contributed by atoms with Gasteiger partial charge in [-0.1, -0.05) is 95.9 Å². The van der Waals surface area contributed by atoms with Gasteiger partial charge in [0.15, 0.2) is 5.78 Å². The van der Waals surface area contributed by atoms with Gasteiger partial charge in [-0.15, -0.1) is 11.6 Å². The van der Waals surface area contributed by atoms with E-state index in [-0.39, 0.29) is 12.3 Å². The van der Waals surface area contributed by atoms with Gasteiger partial charge in [-0.05, 0) is 49.1 Å². The SMILES string of the molecule is CCCCCCC(CCCCCC)(C(=O)CN)c1ccc(C2CCCC(Cl)C2)cc1. The first-order valence-corrected chi connectivity index (χ1v) is 13.0. The first kappa shape index (κ1) is 25.4. The van der Waals surface area contributed by atoms with Crippen molar-refractivity contribution in [2.75, 3.05) is 6.54 Å². The van der Waals surface area contributed by atoms with Crippen molar-refractivity contribution in [3.8, 4) is 0 Å². The van der Waals surface area contributed by atoms with Crippen LogP contribution in [0, 0.1) is 0 Å². The number of halogens is 1. The minimum atomic E-state index is -0.406. The smallest absolute Gasteiger partial charge is 0.156 e. The molecule has 1 aromatic carbocycles. The lowest BCUT2D eigenvalue weighted by Gasteiger charge is -2.34. The second-order valence-corrected chi connectivity index (χ2v) is 10.0. The highest BCUT2D eigenvalue weighted by Gasteiger charge is 2.38. The van der Waals surface area contributed by atoms with Gasteiger partial charge in [0.2, 0.25) is 0 Å². The average Bonchev–Trinajstić information content (AvgIpc) is 2.78. The first-order valence-electron chi connectivity index (χ1n) is 12.5. The van der Waals surface area contributed by atoms with E-state index in [1.807, 2.05) is 0 Å². The maximum atomic E-state index is 13.2. The molecule has 0 bridgehead atoms. The molecule has 1 saturated carbocycles. The van der Waals surface area contributed by atoms with E-state index in [4.69, 9.17) is 17.3 Å². The maximum Gasteiger partial charge on any atom is 0.156 e. The number of Topliss-reactive ketones (excluding diaryl/α,β-unsaturated/α-hetero) is 1. The third-order valence-electron chi connectivity index (χ3n) is 7.18. The number of benzene rings is 1. The summed E-state index contributed by atoms with van der Waals surface area (Å²) >= 11 is 6.43. The van der Waals surface area contributed by atoms with Crippen LogP contribution in [-0.2, 0) is 10.2 Å². The molecule has 0 radical (unpaired) electrons. The minimum absolute atomic E-state index is 0.139. The van der Waals surface area contributed by atoms with E-state index in [0.717, 1.165) is 38.5 Å². The first-order chi connectivity index (χ1) is 14.6. The van der Waals surface area contributed by atoms with Crippen molar-refractivity contribution in [1.29, 1.82) is 0 Å². The normalized spacial score (nSPS) is 19.7. The van der Waals surface area contributed by atoms with Crippen LogP contribution in [0.4, 0.5) is 0 Å². The molecule has 0 aromatic heterocycles. The van der Waals surface area contributed by atoms with E-state index >= 15 is 0 Å². The molecule has 170 valence electrons. The Labute approximate surface area is 190 Å². The molecule has 0 saturated heterocycles. The minimum Gasteiger partial charge on any atom is -0.324 e. The standard InChI is InChI=1S/C27H44ClNO/c1-3-5-7-9-18-27(26(30)21-29,19-10-8-6-4-2)24-16-14-22(15-17-24)23-12-11-13-25(28)20-23/h14-17,23,25H,3-13,18-21,29H2,1-2H3. The molecule has 30 heavy (non-hydrogen) atoms. The van der Waals surface area contributed by atoms with E-state index in [1.165, 1.54) is 62.5 Å². The van der Waals surface area contributed by atoms with Gasteiger partial charge in [0.1, 0.15) is 0 Å². The third-order valence-corrected chi connectivity index (χ3v) is 7.57. The van der Waals surface area contributed by atoms with Crippen LogP contribution in [0.5, 0.6) is 0 Å². The molecule has 3 heteroatoms. The van der Waals surface area contributed by atoms with Gasteiger partial charge in [-0.3, -0.25) is 4.79 Å². The number of nitrogens with two attached hydrogens (primary N) is 1. The van der Waals surface area contributed by atoms with Crippen LogP contribution in [0.25, 0.3) is 0 Å². The van der Waals surface area contributed by atoms with Crippen LogP contribution in [0.15, 0.2) is 24.3 Å². The predicted molar refractivity (Wildman–Crippen MR) is 131 cm³/mol. The van der Waals surface area contributed by atoms with Gasteiger partial charge < -0.3 is 5.73 Å². The number of ketones is 1. The highest BCUT2D eigenvalue weighted by Crippen LogP contribution is 2.39. The zero-order valence-electron chi connectivity index (χ0n) is 19.4. The van der Waals surface area contributed by atoms with Crippen molar-refractivity contribution >= 4 is 17.4 Å². The number of carbonyl (C=O) groups excluding carboxylic acids is 1. The van der Waals surface area contributed by atoms with Crippen molar-refractivity contribution in [1.82, 2.24) is 0 Å². The van der Waals surface area contributed by atoms with Gasteiger partial charge in [0, 0.05) is 5.38 Å². The second-order valence-electron chi connectivity index (χ2n) is 9.41. The molecule has 1 aromatic rings. The highest BCUT2D eigenvalue weighted by molar-refractivity contribution is 6.20. The molecule has 2 atom stereocenters. The van der Waals surface area contributed by atoms with Gasteiger partial charge in [-0.2, -0.15) is 0 Å². The molecule has 2 nitrogen and oxygen atoms in total. The molecule has 1 fully saturated rings. The molecular formula is C27H44ClNO. The van der Waals surface area contributed by atoms with Gasteiger partial charge >= 0.3 is 0 Å². The molecule has 1 aliphatic carbocycles. The van der Waals surface area contributed by atoms with Crippen LogP contribution >= 0.6 is 11.6 Å². The fourth-order valence-corrected chi connectivity index (χ4v) is 5.63. The van der Waals surface area contributed by atoms with Crippen LogP contribution in [-0.4, -0.2) is 17.7 Å². The summed E-state index contributed by atoms with van der Waals surface area (Å²) < 4.78 is 0. The Bertz CT molecular complexity index is 600. The lowest BCUT2D eigenvalue weighted by molar-refractivity contribution is -0.124. The van der Waals surface area contributed by atoms with Crippen molar-refractivity contribution in [3.63, 3.8) is 0 Å². The number of rotatable bonds is 14. The molecule has 2 unspecified atom stereocenters. The summed E-state index contributed by atoms with van der Waals surface area (Å²) in [5.74, 6) is 0.783. The Morgan fingerprint density at radius 3 is 2.07 bits per heavy atom. The summed E-state index contributed by atoms with van der Waals surface area (Å²) in [6.07, 6.45) is 16.0. The van der Waals surface area contributed by atoms with E-state index in [1.54, 1.807) is 0 Å². The van der Waals surface area contributed by atoms with Gasteiger partial charge in [0.05, 0.1) is 12.0 Å². The highest BCUT2D eigenvalue weighted by atomic mass is 35.5. The van der Waals surface area contributed by atoms with Crippen molar-refractivity contribution in [2.24, 2.45) is 5.73 Å². The van der Waals surface area contributed by atoms with Gasteiger partial charge in [-0.25, -0.2) is 0 Å². The van der Waals surface area contributed by atoms with E-state index in [2.05, 4.69) is 38.1 Å². The summed E-state index contributed by atoms with van der Waals surface area (Å²) in [6.45, 7) is 4.61. The molecular weight excluding hydrogens is 390 g/mol. The average molecular weight is 434 g/mol. The Hall–Kier alpha value is -0.860. The summed E-state index contributed by atoms with van der Waals surface area (Å²) in [4.78, 5) is 13.2. The molecule has 1 aliphatic rings. The van der Waals surface area contributed by atoms with Crippen LogP contribution < -0.4 is 5.73 Å². The number of unbranched alkanes of at least 4 members (excludes halogenated alkanes) is 6. The number of alkyl halides is 1. The zero-order chi connectivity index (χ0) is 21.8. The molecule has 2 rings (SSSR count). The molecule has 0 spiro atoms. The van der Waals surface area contributed by atoms with Crippen molar-refractivity contribution in [3.05, 3.63) is 35.4 Å². The Morgan fingerprint density at radius 1 is 0.967 bits per heavy atom. The van der Waals surface area contributed by atoms with E-state index in [9.17, 15) is 4.79 Å².